The molecule has 1 aromatic carbocycles. The first-order valence-corrected chi connectivity index (χ1v) is 2.61. The van der Waals surface area contributed by atoms with Crippen molar-refractivity contribution in [3.8, 4) is 0 Å². The quantitative estimate of drug-likeness (QED) is 0.433. The summed E-state index contributed by atoms with van der Waals surface area (Å²) in [5, 5.41) is 0. The van der Waals surface area contributed by atoms with Crippen LogP contribution in [0.4, 0.5) is 5.69 Å². The van der Waals surface area contributed by atoms with Crippen molar-refractivity contribution in [2.24, 2.45) is 0 Å². The van der Waals surface area contributed by atoms with Gasteiger partial charge < -0.3 is 5.73 Å². The van der Waals surface area contributed by atoms with E-state index in [0.29, 0.717) is 0 Å². The van der Waals surface area contributed by atoms with E-state index in [4.69, 9.17) is 5.73 Å². The SMILES string of the molecule is Cc1cccc(N)c1.[Na].[Na]. The van der Waals surface area contributed by atoms with Crippen LogP contribution in [0.2, 0.25) is 0 Å². The Hall–Kier alpha value is 1.02. The molecule has 0 bridgehead atoms. The van der Waals surface area contributed by atoms with E-state index < -0.39 is 0 Å². The zero-order valence-corrected chi connectivity index (χ0v) is 10.9. The van der Waals surface area contributed by atoms with Gasteiger partial charge in [-0.05, 0) is 24.6 Å². The molecule has 0 aliphatic heterocycles. The van der Waals surface area contributed by atoms with Crippen LogP contribution in [0, 0.1) is 6.92 Å². The van der Waals surface area contributed by atoms with Gasteiger partial charge in [0.05, 0.1) is 0 Å². The van der Waals surface area contributed by atoms with Crippen molar-refractivity contribution in [3.05, 3.63) is 29.8 Å². The van der Waals surface area contributed by atoms with Gasteiger partial charge in [-0.1, -0.05) is 12.1 Å². The second-order valence-corrected chi connectivity index (χ2v) is 1.91. The van der Waals surface area contributed by atoms with Crippen molar-refractivity contribution in [1.29, 1.82) is 0 Å². The minimum Gasteiger partial charge on any atom is -0.399 e. The van der Waals surface area contributed by atoms with Gasteiger partial charge >= 0.3 is 0 Å². The molecule has 0 saturated carbocycles. The molecule has 1 rings (SSSR count). The van der Waals surface area contributed by atoms with Crippen molar-refractivity contribution in [1.82, 2.24) is 0 Å². The third kappa shape index (κ3) is 4.78. The van der Waals surface area contributed by atoms with E-state index in [1.54, 1.807) is 0 Å². The predicted octanol–water partition coefficient (Wildman–Crippen LogP) is 0.816. The molecule has 2 radical (unpaired) electrons. The summed E-state index contributed by atoms with van der Waals surface area (Å²) in [7, 11) is 0. The summed E-state index contributed by atoms with van der Waals surface area (Å²) in [6, 6.07) is 7.80. The first-order chi connectivity index (χ1) is 3.79. The summed E-state index contributed by atoms with van der Waals surface area (Å²) < 4.78 is 0. The number of anilines is 1. The van der Waals surface area contributed by atoms with E-state index >= 15 is 0 Å². The third-order valence-electron chi connectivity index (χ3n) is 1.04. The Labute approximate surface area is 106 Å². The van der Waals surface area contributed by atoms with Gasteiger partial charge in [-0.2, -0.15) is 0 Å². The average molecular weight is 153 g/mol. The van der Waals surface area contributed by atoms with Gasteiger partial charge in [-0.25, -0.2) is 0 Å². The number of nitrogens with two attached hydrogens (primary N) is 1. The normalized spacial score (nSPS) is 7.30. The standard InChI is InChI=1S/C7H9N.2Na/c1-6-3-2-4-7(8)5-6;;/h2-5H,8H2,1H3;;. The molecule has 0 atom stereocenters. The molecule has 3 heteroatoms. The van der Waals surface area contributed by atoms with E-state index in [0.717, 1.165) is 5.69 Å². The number of hydrogen-bond acceptors (Lipinski definition) is 1. The Morgan fingerprint density at radius 1 is 1.20 bits per heavy atom. The third-order valence-corrected chi connectivity index (χ3v) is 1.04. The zero-order chi connectivity index (χ0) is 5.98. The van der Waals surface area contributed by atoms with Gasteiger partial charge in [0.25, 0.3) is 0 Å². The van der Waals surface area contributed by atoms with Crippen molar-refractivity contribution >= 4 is 64.8 Å². The minimum absolute atomic E-state index is 0. The van der Waals surface area contributed by atoms with E-state index in [1.165, 1.54) is 5.56 Å². The van der Waals surface area contributed by atoms with Crippen molar-refractivity contribution in [2.75, 3.05) is 5.73 Å². The molecule has 0 heterocycles. The molecular formula is C7H9NNa2. The van der Waals surface area contributed by atoms with E-state index in [1.807, 2.05) is 31.2 Å². The van der Waals surface area contributed by atoms with Crippen LogP contribution >= 0.6 is 0 Å². The number of hydrogen-bond donors (Lipinski definition) is 1. The van der Waals surface area contributed by atoms with Crippen LogP contribution < -0.4 is 5.73 Å². The maximum atomic E-state index is 5.46. The molecule has 0 aliphatic carbocycles. The van der Waals surface area contributed by atoms with Gasteiger partial charge in [0.2, 0.25) is 0 Å². The monoisotopic (exact) mass is 153 g/mol. The minimum atomic E-state index is 0. The van der Waals surface area contributed by atoms with Crippen LogP contribution in [0.1, 0.15) is 5.56 Å². The molecule has 0 saturated heterocycles. The average Bonchev–Trinajstić information content (AvgIpc) is 1.64. The number of benzene rings is 1. The largest absolute Gasteiger partial charge is 0.399 e. The first-order valence-electron chi connectivity index (χ1n) is 2.61. The summed E-state index contributed by atoms with van der Waals surface area (Å²) in [4.78, 5) is 0. The Bertz CT molecular complexity index is 171. The molecule has 0 spiro atoms. The van der Waals surface area contributed by atoms with Crippen LogP contribution in [0.3, 0.4) is 0 Å². The molecule has 44 valence electrons. The van der Waals surface area contributed by atoms with Crippen LogP contribution in [0.5, 0.6) is 0 Å². The number of rotatable bonds is 0. The topological polar surface area (TPSA) is 26.0 Å². The Morgan fingerprint density at radius 2 is 1.80 bits per heavy atom. The zero-order valence-electron chi connectivity index (χ0n) is 6.89. The van der Waals surface area contributed by atoms with Crippen LogP contribution in [0.25, 0.3) is 0 Å². The Morgan fingerprint density at radius 3 is 2.10 bits per heavy atom. The molecule has 0 unspecified atom stereocenters. The van der Waals surface area contributed by atoms with Gasteiger partial charge in [0, 0.05) is 64.8 Å². The van der Waals surface area contributed by atoms with E-state index in [9.17, 15) is 0 Å². The van der Waals surface area contributed by atoms with Crippen LogP contribution in [0.15, 0.2) is 24.3 Å². The first kappa shape index (κ1) is 13.6. The fraction of sp³-hybridized carbons (Fsp3) is 0.143. The molecule has 0 aliphatic rings. The van der Waals surface area contributed by atoms with Crippen molar-refractivity contribution in [2.45, 2.75) is 6.92 Å². The van der Waals surface area contributed by atoms with Gasteiger partial charge in [0.1, 0.15) is 0 Å². The Kier molecular flexibility index (Phi) is 9.13. The fourth-order valence-electron chi connectivity index (χ4n) is 0.670. The molecule has 2 N–H and O–H groups in total. The summed E-state index contributed by atoms with van der Waals surface area (Å²) in [6.45, 7) is 2.02. The smallest absolute Gasteiger partial charge is 0.0316 e. The second kappa shape index (κ2) is 6.71. The van der Waals surface area contributed by atoms with Gasteiger partial charge in [0.15, 0.2) is 0 Å². The Balaban J connectivity index is 0. The summed E-state index contributed by atoms with van der Waals surface area (Å²) in [5.41, 5.74) is 7.51. The molecule has 1 aromatic rings. The van der Waals surface area contributed by atoms with Crippen molar-refractivity contribution in [3.63, 3.8) is 0 Å². The van der Waals surface area contributed by atoms with Gasteiger partial charge in [-0.15, -0.1) is 0 Å². The molecule has 0 fully saturated rings. The van der Waals surface area contributed by atoms with E-state index in [-0.39, 0.29) is 59.1 Å². The molecule has 0 amide bonds. The summed E-state index contributed by atoms with van der Waals surface area (Å²) in [6.07, 6.45) is 0. The fourth-order valence-corrected chi connectivity index (χ4v) is 0.670. The second-order valence-electron chi connectivity index (χ2n) is 1.91. The molecule has 1 nitrogen and oxygen atoms in total. The molecule has 10 heavy (non-hydrogen) atoms. The maximum absolute atomic E-state index is 5.46. The van der Waals surface area contributed by atoms with Gasteiger partial charge in [-0.3, -0.25) is 0 Å². The van der Waals surface area contributed by atoms with Crippen molar-refractivity contribution < 1.29 is 0 Å². The molecule has 0 aromatic heterocycles. The number of nitrogen functional groups attached to an aromatic ring is 1. The number of aryl methyl sites for hydroxylation is 1. The van der Waals surface area contributed by atoms with Crippen LogP contribution in [-0.2, 0) is 0 Å². The molecular weight excluding hydrogens is 144 g/mol. The maximum Gasteiger partial charge on any atom is 0.0316 e. The van der Waals surface area contributed by atoms with Crippen LogP contribution in [-0.4, -0.2) is 59.1 Å². The summed E-state index contributed by atoms with van der Waals surface area (Å²) in [5.74, 6) is 0. The predicted molar refractivity (Wildman–Crippen MR) is 47.1 cm³/mol. The summed E-state index contributed by atoms with van der Waals surface area (Å²) >= 11 is 0. The van der Waals surface area contributed by atoms with E-state index in [2.05, 4.69) is 0 Å².